The highest BCUT2D eigenvalue weighted by Crippen LogP contribution is 2.39. The molecule has 1 aliphatic rings. The second-order valence-corrected chi connectivity index (χ2v) is 11.1. The van der Waals surface area contributed by atoms with Crippen LogP contribution in [0.5, 0.6) is 5.75 Å². The highest BCUT2D eigenvalue weighted by Gasteiger charge is 2.35. The minimum Gasteiger partial charge on any atom is -0.487 e. The molecular weight excluding hydrogens is 420 g/mol. The summed E-state index contributed by atoms with van der Waals surface area (Å²) >= 11 is 1.54. The molecule has 2 aromatic carbocycles. The minimum atomic E-state index is -3.75. The van der Waals surface area contributed by atoms with E-state index in [1.807, 2.05) is 45.2 Å². The Labute approximate surface area is 183 Å². The number of fused-ring (bicyclic) bond motifs is 1. The normalized spacial score (nSPS) is 17.9. The van der Waals surface area contributed by atoms with E-state index in [0.29, 0.717) is 6.42 Å². The Morgan fingerprint density at radius 3 is 2.53 bits per heavy atom. The Morgan fingerprint density at radius 2 is 1.90 bits per heavy atom. The lowest BCUT2D eigenvalue weighted by Crippen LogP contribution is -2.44. The summed E-state index contributed by atoms with van der Waals surface area (Å²) in [5.74, 6) is 0.397. The predicted octanol–water partition coefficient (Wildman–Crippen LogP) is 3.76. The van der Waals surface area contributed by atoms with Gasteiger partial charge in [0.2, 0.25) is 15.9 Å². The van der Waals surface area contributed by atoms with Gasteiger partial charge >= 0.3 is 0 Å². The van der Waals surface area contributed by atoms with Gasteiger partial charge in [0.05, 0.1) is 17.5 Å². The highest BCUT2D eigenvalue weighted by molar-refractivity contribution is 7.98. The summed E-state index contributed by atoms with van der Waals surface area (Å²) in [7, 11) is -2.33. The van der Waals surface area contributed by atoms with Crippen molar-refractivity contribution in [3.63, 3.8) is 0 Å². The first-order valence-electron chi connectivity index (χ1n) is 9.71. The van der Waals surface area contributed by atoms with Crippen molar-refractivity contribution in [2.24, 2.45) is 0 Å². The number of amides is 1. The molecule has 1 heterocycles. The van der Waals surface area contributed by atoms with E-state index in [1.54, 1.807) is 24.3 Å². The minimum absolute atomic E-state index is 0.170. The van der Waals surface area contributed by atoms with Crippen molar-refractivity contribution >= 4 is 27.7 Å². The maximum absolute atomic E-state index is 12.8. The molecule has 0 aromatic heterocycles. The molecule has 1 atom stereocenters. The molecule has 1 amide bonds. The van der Waals surface area contributed by atoms with Crippen LogP contribution in [0.15, 0.2) is 52.3 Å². The molecule has 1 N–H and O–H groups in total. The van der Waals surface area contributed by atoms with E-state index in [4.69, 9.17) is 4.74 Å². The van der Waals surface area contributed by atoms with Crippen LogP contribution in [0.1, 0.15) is 37.4 Å². The third-order valence-electron chi connectivity index (χ3n) is 5.09. The third-order valence-corrected chi connectivity index (χ3v) is 7.65. The average Bonchev–Trinajstić information content (AvgIpc) is 2.67. The van der Waals surface area contributed by atoms with Crippen LogP contribution in [0, 0.1) is 6.92 Å². The number of rotatable bonds is 6. The van der Waals surface area contributed by atoms with Gasteiger partial charge in [0.1, 0.15) is 11.4 Å². The first kappa shape index (κ1) is 22.7. The van der Waals surface area contributed by atoms with Crippen LogP contribution >= 0.6 is 11.8 Å². The summed E-state index contributed by atoms with van der Waals surface area (Å²) in [5.41, 5.74) is 1.56. The van der Waals surface area contributed by atoms with Gasteiger partial charge < -0.3 is 10.1 Å². The summed E-state index contributed by atoms with van der Waals surface area (Å²) in [5, 5.41) is 3.00. The Hall–Kier alpha value is -2.03. The zero-order valence-corrected chi connectivity index (χ0v) is 19.6. The zero-order chi connectivity index (χ0) is 22.1. The molecule has 0 spiro atoms. The van der Waals surface area contributed by atoms with Gasteiger partial charge in [0, 0.05) is 23.9 Å². The third kappa shape index (κ3) is 4.99. The quantitative estimate of drug-likeness (QED) is 0.681. The standard InChI is InChI=1S/C22H28N2O4S2/c1-15-6-11-20-18(12-15)19(13-22(2,3)28-20)23-21(25)14-24(4)30(26,27)17-9-7-16(29-5)8-10-17/h6-12,19H,13-14H2,1-5H3,(H,23,25)/t19-/m0/s1. The lowest BCUT2D eigenvalue weighted by molar-refractivity contribution is -0.122. The number of thioether (sulfide) groups is 1. The average molecular weight is 449 g/mol. The number of hydrogen-bond acceptors (Lipinski definition) is 5. The van der Waals surface area contributed by atoms with E-state index in [-0.39, 0.29) is 23.4 Å². The molecule has 0 aliphatic carbocycles. The number of nitrogens with zero attached hydrogens (tertiary/aromatic N) is 1. The monoisotopic (exact) mass is 448 g/mol. The maximum Gasteiger partial charge on any atom is 0.243 e. The maximum atomic E-state index is 12.8. The first-order valence-corrected chi connectivity index (χ1v) is 12.4. The van der Waals surface area contributed by atoms with Crippen LogP contribution in [-0.2, 0) is 14.8 Å². The van der Waals surface area contributed by atoms with Crippen LogP contribution < -0.4 is 10.1 Å². The Kier molecular flexibility index (Phi) is 6.50. The molecule has 0 fully saturated rings. The van der Waals surface area contributed by atoms with Gasteiger partial charge in [-0.25, -0.2) is 8.42 Å². The lowest BCUT2D eigenvalue weighted by atomic mass is 9.89. The van der Waals surface area contributed by atoms with E-state index < -0.39 is 15.6 Å². The van der Waals surface area contributed by atoms with Gasteiger partial charge in [-0.3, -0.25) is 4.79 Å². The van der Waals surface area contributed by atoms with Gasteiger partial charge in [-0.15, -0.1) is 11.8 Å². The second-order valence-electron chi connectivity index (χ2n) is 8.16. The molecule has 162 valence electrons. The molecule has 3 rings (SSSR count). The number of carbonyl (C=O) groups excluding carboxylic acids is 1. The van der Waals surface area contributed by atoms with Gasteiger partial charge in [-0.2, -0.15) is 4.31 Å². The van der Waals surface area contributed by atoms with Crippen molar-refractivity contribution in [2.75, 3.05) is 19.8 Å². The molecule has 0 saturated heterocycles. The van der Waals surface area contributed by atoms with E-state index in [1.165, 1.54) is 18.8 Å². The van der Waals surface area contributed by atoms with Crippen molar-refractivity contribution in [2.45, 2.75) is 48.6 Å². The summed E-state index contributed by atoms with van der Waals surface area (Å²) in [6, 6.07) is 12.3. The van der Waals surface area contributed by atoms with Gasteiger partial charge in [0.25, 0.3) is 0 Å². The number of nitrogens with one attached hydrogen (secondary N) is 1. The number of aryl methyl sites for hydroxylation is 1. The van der Waals surface area contributed by atoms with Crippen LogP contribution in [-0.4, -0.2) is 44.1 Å². The molecule has 2 aromatic rings. The SMILES string of the molecule is CSc1ccc(S(=O)(=O)N(C)CC(=O)N[C@H]2CC(C)(C)Oc3ccc(C)cc32)cc1. The van der Waals surface area contributed by atoms with Gasteiger partial charge in [-0.1, -0.05) is 17.7 Å². The summed E-state index contributed by atoms with van der Waals surface area (Å²) in [6.07, 6.45) is 2.53. The van der Waals surface area contributed by atoms with Crippen molar-refractivity contribution in [1.82, 2.24) is 9.62 Å². The topological polar surface area (TPSA) is 75.7 Å². The number of ether oxygens (including phenoxy) is 1. The fourth-order valence-electron chi connectivity index (χ4n) is 3.56. The Morgan fingerprint density at radius 1 is 1.23 bits per heavy atom. The van der Waals surface area contributed by atoms with E-state index >= 15 is 0 Å². The van der Waals surface area contributed by atoms with Gasteiger partial charge in [-0.05, 0) is 57.4 Å². The smallest absolute Gasteiger partial charge is 0.243 e. The van der Waals surface area contributed by atoms with Gasteiger partial charge in [0.15, 0.2) is 0 Å². The number of hydrogen-bond donors (Lipinski definition) is 1. The Balaban J connectivity index is 1.74. The van der Waals surface area contributed by atoms with Crippen LogP contribution in [0.4, 0.5) is 0 Å². The number of benzene rings is 2. The predicted molar refractivity (Wildman–Crippen MR) is 119 cm³/mol. The first-order chi connectivity index (χ1) is 14.0. The summed E-state index contributed by atoms with van der Waals surface area (Å²) in [4.78, 5) is 13.9. The van der Waals surface area contributed by atoms with Crippen molar-refractivity contribution in [1.29, 1.82) is 0 Å². The summed E-state index contributed by atoms with van der Waals surface area (Å²) < 4.78 is 32.8. The van der Waals surface area contributed by atoms with E-state index in [9.17, 15) is 13.2 Å². The fraction of sp³-hybridized carbons (Fsp3) is 0.409. The van der Waals surface area contributed by atoms with E-state index in [0.717, 1.165) is 26.1 Å². The van der Waals surface area contributed by atoms with Crippen molar-refractivity contribution < 1.29 is 17.9 Å². The molecule has 8 heteroatoms. The molecular formula is C22H28N2O4S2. The molecule has 1 aliphatic heterocycles. The van der Waals surface area contributed by atoms with Crippen molar-refractivity contribution in [3.8, 4) is 5.75 Å². The number of carbonyl (C=O) groups is 1. The lowest BCUT2D eigenvalue weighted by Gasteiger charge is -2.38. The van der Waals surface area contributed by atoms with Crippen molar-refractivity contribution in [3.05, 3.63) is 53.6 Å². The van der Waals surface area contributed by atoms with Crippen LogP contribution in [0.2, 0.25) is 0 Å². The Bertz CT molecular complexity index is 1030. The molecule has 6 nitrogen and oxygen atoms in total. The largest absolute Gasteiger partial charge is 0.487 e. The molecule has 0 saturated carbocycles. The molecule has 0 bridgehead atoms. The number of likely N-dealkylation sites (N-methyl/N-ethyl adjacent to an activating group) is 1. The fourth-order valence-corrected chi connectivity index (χ4v) is 5.09. The van der Waals surface area contributed by atoms with E-state index in [2.05, 4.69) is 5.32 Å². The number of sulfonamides is 1. The van der Waals surface area contributed by atoms with Crippen LogP contribution in [0.25, 0.3) is 0 Å². The molecule has 30 heavy (non-hydrogen) atoms. The van der Waals surface area contributed by atoms with Crippen LogP contribution in [0.3, 0.4) is 0 Å². The zero-order valence-electron chi connectivity index (χ0n) is 17.9. The molecule has 0 radical (unpaired) electrons. The highest BCUT2D eigenvalue weighted by atomic mass is 32.2. The summed E-state index contributed by atoms with van der Waals surface area (Å²) in [6.45, 7) is 5.68. The second kappa shape index (κ2) is 8.61. The molecule has 0 unspecified atom stereocenters.